The lowest BCUT2D eigenvalue weighted by Gasteiger charge is -2.02. The summed E-state index contributed by atoms with van der Waals surface area (Å²) in [5.74, 6) is -0.186. The Morgan fingerprint density at radius 3 is 2.64 bits per heavy atom. The Labute approximate surface area is 95.9 Å². The Morgan fingerprint density at radius 2 is 1.93 bits per heavy atom. The third-order valence-electron chi connectivity index (χ3n) is 1.95. The van der Waals surface area contributed by atoms with Crippen molar-refractivity contribution in [2.75, 3.05) is 0 Å². The van der Waals surface area contributed by atoms with Crippen molar-refractivity contribution in [3.05, 3.63) is 57.9 Å². The summed E-state index contributed by atoms with van der Waals surface area (Å²) in [6.07, 6.45) is 0. The number of halogens is 2. The Bertz CT molecular complexity index is 452. The first-order chi connectivity index (χ1) is 6.77. The van der Waals surface area contributed by atoms with Crippen molar-refractivity contribution < 1.29 is 4.39 Å². The van der Waals surface area contributed by atoms with Crippen LogP contribution in [0.25, 0.3) is 11.1 Å². The molecule has 0 atom stereocenters. The van der Waals surface area contributed by atoms with Crippen LogP contribution in [0.2, 0.25) is 0 Å². The maximum atomic E-state index is 13.4. The minimum atomic E-state index is -0.186. The van der Waals surface area contributed by atoms with Gasteiger partial charge in [-0.05, 0) is 46.4 Å². The zero-order chi connectivity index (χ0) is 9.97. The molecule has 0 aromatic heterocycles. The molecule has 2 rings (SSSR count). The van der Waals surface area contributed by atoms with Crippen molar-refractivity contribution in [2.45, 2.75) is 0 Å². The van der Waals surface area contributed by atoms with Crippen LogP contribution < -0.4 is 0 Å². The normalized spacial score (nSPS) is 10.1. The van der Waals surface area contributed by atoms with E-state index in [1.165, 1.54) is 6.07 Å². The van der Waals surface area contributed by atoms with E-state index in [4.69, 9.17) is 0 Å². The van der Waals surface area contributed by atoms with Crippen LogP contribution in [-0.2, 0) is 0 Å². The molecular weight excluding hydrogens is 290 g/mol. The van der Waals surface area contributed by atoms with Crippen molar-refractivity contribution in [1.29, 1.82) is 0 Å². The third-order valence-corrected chi connectivity index (χ3v) is 2.57. The van der Waals surface area contributed by atoms with Gasteiger partial charge in [0.2, 0.25) is 0 Å². The summed E-state index contributed by atoms with van der Waals surface area (Å²) < 4.78 is 14.4. The molecule has 0 spiro atoms. The average Bonchev–Trinajstić information content (AvgIpc) is 2.18. The molecule has 14 heavy (non-hydrogen) atoms. The second-order valence-corrected chi connectivity index (χ2v) is 4.07. The molecule has 0 unspecified atom stereocenters. The van der Waals surface area contributed by atoms with E-state index in [9.17, 15) is 4.39 Å². The van der Waals surface area contributed by atoms with Crippen LogP contribution >= 0.6 is 22.6 Å². The number of hydrogen-bond donors (Lipinski definition) is 0. The maximum Gasteiger partial charge on any atom is 0.131 e. The fourth-order valence-electron chi connectivity index (χ4n) is 1.30. The molecule has 0 saturated carbocycles. The van der Waals surface area contributed by atoms with Gasteiger partial charge in [0.1, 0.15) is 5.82 Å². The van der Waals surface area contributed by atoms with Crippen LogP contribution in [0.4, 0.5) is 4.39 Å². The number of hydrogen-bond acceptors (Lipinski definition) is 0. The summed E-state index contributed by atoms with van der Waals surface area (Å²) in [6, 6.07) is 15.4. The van der Waals surface area contributed by atoms with Crippen LogP contribution in [0.15, 0.2) is 42.5 Å². The molecule has 0 fully saturated rings. The summed E-state index contributed by atoms with van der Waals surface area (Å²) in [5, 5.41) is 0. The summed E-state index contributed by atoms with van der Waals surface area (Å²) >= 11 is 2.17. The van der Waals surface area contributed by atoms with E-state index in [-0.39, 0.29) is 5.82 Å². The summed E-state index contributed by atoms with van der Waals surface area (Å²) in [5.41, 5.74) is 1.53. The zero-order valence-corrected chi connectivity index (χ0v) is 9.45. The molecule has 0 N–H and O–H groups in total. The van der Waals surface area contributed by atoms with Gasteiger partial charge < -0.3 is 0 Å². The first kappa shape index (κ1) is 9.65. The van der Waals surface area contributed by atoms with Crippen LogP contribution in [0.3, 0.4) is 0 Å². The van der Waals surface area contributed by atoms with E-state index < -0.39 is 0 Å². The summed E-state index contributed by atoms with van der Waals surface area (Å²) in [7, 11) is 0. The fraction of sp³-hybridized carbons (Fsp3) is 0. The van der Waals surface area contributed by atoms with Crippen molar-refractivity contribution in [3.8, 4) is 11.1 Å². The lowest BCUT2D eigenvalue weighted by Crippen LogP contribution is -1.83. The smallest absolute Gasteiger partial charge is 0.131 e. The van der Waals surface area contributed by atoms with Crippen LogP contribution in [0.1, 0.15) is 0 Å². The predicted molar refractivity (Wildman–Crippen MR) is 63.4 cm³/mol. The highest BCUT2D eigenvalue weighted by Crippen LogP contribution is 2.23. The van der Waals surface area contributed by atoms with Crippen molar-refractivity contribution in [3.63, 3.8) is 0 Å². The van der Waals surface area contributed by atoms with Crippen LogP contribution in [-0.4, -0.2) is 0 Å². The van der Waals surface area contributed by atoms with Gasteiger partial charge in [0.15, 0.2) is 0 Å². The molecule has 0 aliphatic rings. The molecule has 69 valence electrons. The van der Waals surface area contributed by atoms with E-state index >= 15 is 0 Å². The highest BCUT2D eigenvalue weighted by Gasteiger charge is 2.03. The molecule has 0 aliphatic carbocycles. The predicted octanol–water partition coefficient (Wildman–Crippen LogP) is 3.90. The van der Waals surface area contributed by atoms with Gasteiger partial charge in [0.05, 0.1) is 0 Å². The van der Waals surface area contributed by atoms with Crippen LogP contribution in [0.5, 0.6) is 0 Å². The maximum absolute atomic E-state index is 13.4. The molecule has 0 saturated heterocycles. The molecule has 2 aromatic rings. The van der Waals surface area contributed by atoms with Gasteiger partial charge in [0, 0.05) is 9.13 Å². The highest BCUT2D eigenvalue weighted by molar-refractivity contribution is 14.1. The molecule has 0 bridgehead atoms. The Kier molecular flexibility index (Phi) is 2.82. The average molecular weight is 297 g/mol. The van der Waals surface area contributed by atoms with Gasteiger partial charge in [-0.1, -0.05) is 30.3 Å². The molecule has 0 amide bonds. The number of rotatable bonds is 1. The topological polar surface area (TPSA) is 0 Å². The SMILES string of the molecule is Fc1ccccc1-c1cc[c]c(I)c1. The molecule has 0 nitrogen and oxygen atoms in total. The molecule has 0 aliphatic heterocycles. The lowest BCUT2D eigenvalue weighted by atomic mass is 10.1. The minimum Gasteiger partial charge on any atom is -0.206 e. The van der Waals surface area contributed by atoms with E-state index in [2.05, 4.69) is 28.7 Å². The first-order valence-electron chi connectivity index (χ1n) is 4.19. The van der Waals surface area contributed by atoms with Crippen molar-refractivity contribution >= 4 is 22.6 Å². The highest BCUT2D eigenvalue weighted by atomic mass is 127. The monoisotopic (exact) mass is 297 g/mol. The summed E-state index contributed by atoms with van der Waals surface area (Å²) in [4.78, 5) is 0. The number of benzene rings is 2. The van der Waals surface area contributed by atoms with E-state index in [0.29, 0.717) is 5.56 Å². The lowest BCUT2D eigenvalue weighted by molar-refractivity contribution is 0.631. The van der Waals surface area contributed by atoms with Gasteiger partial charge in [-0.2, -0.15) is 0 Å². The zero-order valence-electron chi connectivity index (χ0n) is 7.30. The third kappa shape index (κ3) is 1.95. The second kappa shape index (κ2) is 4.09. The molecule has 2 aromatic carbocycles. The standard InChI is InChI=1S/C12H7FI/c13-12-7-2-1-6-11(12)9-4-3-5-10(14)8-9/h1-4,6-8H. The van der Waals surface area contributed by atoms with Crippen molar-refractivity contribution in [2.24, 2.45) is 0 Å². The fourth-order valence-corrected chi connectivity index (χ4v) is 1.82. The first-order valence-corrected chi connectivity index (χ1v) is 5.27. The largest absolute Gasteiger partial charge is 0.206 e. The Morgan fingerprint density at radius 1 is 1.14 bits per heavy atom. The summed E-state index contributed by atoms with van der Waals surface area (Å²) in [6.45, 7) is 0. The Balaban J connectivity index is 2.55. The van der Waals surface area contributed by atoms with Gasteiger partial charge in [0.25, 0.3) is 0 Å². The van der Waals surface area contributed by atoms with Crippen molar-refractivity contribution in [1.82, 2.24) is 0 Å². The van der Waals surface area contributed by atoms with E-state index in [1.807, 2.05) is 24.3 Å². The molecule has 0 heterocycles. The molecule has 1 radical (unpaired) electrons. The Hall–Kier alpha value is -0.900. The van der Waals surface area contributed by atoms with Gasteiger partial charge in [-0.25, -0.2) is 4.39 Å². The molecule has 2 heteroatoms. The van der Waals surface area contributed by atoms with E-state index in [1.54, 1.807) is 12.1 Å². The van der Waals surface area contributed by atoms with Gasteiger partial charge in [-0.15, -0.1) is 0 Å². The van der Waals surface area contributed by atoms with Gasteiger partial charge >= 0.3 is 0 Å². The molecular formula is C12H7FI. The van der Waals surface area contributed by atoms with Crippen LogP contribution in [0, 0.1) is 15.5 Å². The van der Waals surface area contributed by atoms with Gasteiger partial charge in [-0.3, -0.25) is 0 Å². The second-order valence-electron chi connectivity index (χ2n) is 2.91. The quantitative estimate of drug-likeness (QED) is 0.700. The van der Waals surface area contributed by atoms with E-state index in [0.717, 1.165) is 9.13 Å². The minimum absolute atomic E-state index is 0.186.